The van der Waals surface area contributed by atoms with Crippen LogP contribution in [0.2, 0.25) is 0 Å². The van der Waals surface area contributed by atoms with Gasteiger partial charge in [0.15, 0.2) is 11.6 Å². The highest BCUT2D eigenvalue weighted by atomic mass is 19.1. The average molecular weight is 480 g/mol. The van der Waals surface area contributed by atoms with Gasteiger partial charge in [0.1, 0.15) is 17.6 Å². The molecule has 5 rings (SSSR count). The summed E-state index contributed by atoms with van der Waals surface area (Å²) in [5.74, 6) is 0.348. The van der Waals surface area contributed by atoms with E-state index in [-0.39, 0.29) is 12.6 Å². The van der Waals surface area contributed by atoms with E-state index in [1.807, 2.05) is 55.1 Å². The smallest absolute Gasteiger partial charge is 0.330 e. The molecule has 1 fully saturated rings. The second-order valence-electron chi connectivity index (χ2n) is 9.55. The molecule has 1 saturated heterocycles. The number of anilines is 3. The predicted molar refractivity (Wildman–Crippen MR) is 131 cm³/mol. The van der Waals surface area contributed by atoms with Gasteiger partial charge in [0.25, 0.3) is 0 Å². The van der Waals surface area contributed by atoms with Crippen LogP contribution in [-0.4, -0.2) is 54.5 Å². The Labute approximate surface area is 203 Å². The zero-order valence-corrected chi connectivity index (χ0v) is 19.9. The molecule has 0 saturated carbocycles. The summed E-state index contributed by atoms with van der Waals surface area (Å²) >= 11 is 0. The van der Waals surface area contributed by atoms with Crippen molar-refractivity contribution < 1.29 is 18.3 Å². The molecule has 0 spiro atoms. The van der Waals surface area contributed by atoms with Crippen molar-refractivity contribution >= 4 is 23.2 Å². The zero-order chi connectivity index (χ0) is 24.7. The van der Waals surface area contributed by atoms with Crippen molar-refractivity contribution in [3.05, 3.63) is 60.7 Å². The fraction of sp³-hybridized carbons (Fsp3) is 0.346. The third kappa shape index (κ3) is 4.62. The molecule has 0 N–H and O–H groups in total. The fourth-order valence-electron chi connectivity index (χ4n) is 4.50. The third-order valence-corrected chi connectivity index (χ3v) is 6.25. The van der Waals surface area contributed by atoms with Gasteiger partial charge < -0.3 is 9.64 Å². The minimum Gasteiger partial charge on any atom is -0.482 e. The van der Waals surface area contributed by atoms with Crippen molar-refractivity contribution in [2.24, 2.45) is 0 Å². The summed E-state index contributed by atoms with van der Waals surface area (Å²) in [7, 11) is 1.57. The molecule has 4 heterocycles. The SMILES string of the molecule is CN(C(=O)N1CC(C)(C)Oc2ccc(-c3cccc(N4CC[C@H](F)C4)c3)nc21)c1cncc(F)c1. The molecule has 182 valence electrons. The van der Waals surface area contributed by atoms with Gasteiger partial charge >= 0.3 is 6.03 Å². The summed E-state index contributed by atoms with van der Waals surface area (Å²) in [5.41, 5.74) is 2.14. The van der Waals surface area contributed by atoms with Crippen LogP contribution in [0.1, 0.15) is 20.3 Å². The number of fused-ring (bicyclic) bond motifs is 1. The van der Waals surface area contributed by atoms with E-state index in [9.17, 15) is 13.6 Å². The summed E-state index contributed by atoms with van der Waals surface area (Å²) in [4.78, 5) is 27.1. The summed E-state index contributed by atoms with van der Waals surface area (Å²) in [6.07, 6.45) is 2.24. The van der Waals surface area contributed by atoms with E-state index in [1.165, 1.54) is 17.2 Å². The number of benzene rings is 1. The molecule has 7 nitrogen and oxygen atoms in total. The minimum absolute atomic E-state index is 0.258. The van der Waals surface area contributed by atoms with Crippen molar-refractivity contribution in [1.29, 1.82) is 0 Å². The van der Waals surface area contributed by atoms with Crippen LogP contribution < -0.4 is 19.4 Å². The topological polar surface area (TPSA) is 61.8 Å². The Morgan fingerprint density at radius 1 is 1.20 bits per heavy atom. The number of alkyl halides is 1. The molecule has 2 aliphatic heterocycles. The first-order valence-corrected chi connectivity index (χ1v) is 11.6. The molecular weight excluding hydrogens is 452 g/mol. The molecule has 0 aliphatic carbocycles. The van der Waals surface area contributed by atoms with Gasteiger partial charge in [0, 0.05) is 37.5 Å². The number of amides is 2. The summed E-state index contributed by atoms with van der Waals surface area (Å²) in [5, 5.41) is 0. The van der Waals surface area contributed by atoms with Crippen LogP contribution in [0.25, 0.3) is 11.3 Å². The van der Waals surface area contributed by atoms with Gasteiger partial charge in [-0.05, 0) is 44.5 Å². The highest BCUT2D eigenvalue weighted by molar-refractivity contribution is 6.04. The van der Waals surface area contributed by atoms with Crippen LogP contribution in [0.5, 0.6) is 5.75 Å². The Balaban J connectivity index is 1.50. The molecule has 1 aromatic carbocycles. The third-order valence-electron chi connectivity index (χ3n) is 6.25. The summed E-state index contributed by atoms with van der Waals surface area (Å²) < 4.78 is 33.6. The number of hydrogen-bond donors (Lipinski definition) is 0. The molecule has 0 bridgehead atoms. The number of ether oxygens (including phenoxy) is 1. The lowest BCUT2D eigenvalue weighted by Gasteiger charge is -2.40. The second-order valence-corrected chi connectivity index (χ2v) is 9.55. The van der Waals surface area contributed by atoms with Crippen molar-refractivity contribution in [3.8, 4) is 17.0 Å². The number of hydrogen-bond acceptors (Lipinski definition) is 5. The average Bonchev–Trinajstić information content (AvgIpc) is 3.28. The van der Waals surface area contributed by atoms with Crippen LogP contribution >= 0.6 is 0 Å². The normalized spacial score (nSPS) is 18.7. The Morgan fingerprint density at radius 2 is 2.03 bits per heavy atom. The van der Waals surface area contributed by atoms with Gasteiger partial charge in [-0.1, -0.05) is 12.1 Å². The van der Waals surface area contributed by atoms with Crippen LogP contribution in [0.4, 0.5) is 30.8 Å². The van der Waals surface area contributed by atoms with Crippen LogP contribution in [0, 0.1) is 5.82 Å². The first-order valence-electron chi connectivity index (χ1n) is 11.6. The first-order chi connectivity index (χ1) is 16.7. The Morgan fingerprint density at radius 3 is 2.77 bits per heavy atom. The van der Waals surface area contributed by atoms with Crippen LogP contribution in [0.15, 0.2) is 54.9 Å². The fourth-order valence-corrected chi connectivity index (χ4v) is 4.50. The lowest BCUT2D eigenvalue weighted by molar-refractivity contribution is 0.106. The highest BCUT2D eigenvalue weighted by Crippen LogP contribution is 2.38. The number of urea groups is 1. The van der Waals surface area contributed by atoms with Crippen molar-refractivity contribution in [3.63, 3.8) is 0 Å². The van der Waals surface area contributed by atoms with Crippen LogP contribution in [-0.2, 0) is 0 Å². The van der Waals surface area contributed by atoms with Gasteiger partial charge in [0.2, 0.25) is 0 Å². The molecule has 1 atom stereocenters. The molecule has 0 unspecified atom stereocenters. The van der Waals surface area contributed by atoms with Gasteiger partial charge in [-0.3, -0.25) is 14.8 Å². The number of rotatable bonds is 3. The number of carbonyl (C=O) groups excluding carboxylic acids is 1. The van der Waals surface area contributed by atoms with E-state index < -0.39 is 17.6 Å². The quantitative estimate of drug-likeness (QED) is 0.525. The maximum Gasteiger partial charge on any atom is 0.330 e. The highest BCUT2D eigenvalue weighted by Gasteiger charge is 2.38. The van der Waals surface area contributed by atoms with Crippen molar-refractivity contribution in [1.82, 2.24) is 9.97 Å². The summed E-state index contributed by atoms with van der Waals surface area (Å²) in [6.45, 7) is 5.10. The molecule has 2 aromatic heterocycles. The van der Waals surface area contributed by atoms with E-state index in [0.29, 0.717) is 42.5 Å². The van der Waals surface area contributed by atoms with E-state index in [4.69, 9.17) is 9.72 Å². The maximum absolute atomic E-state index is 13.7. The van der Waals surface area contributed by atoms with E-state index in [0.717, 1.165) is 17.4 Å². The van der Waals surface area contributed by atoms with E-state index in [1.54, 1.807) is 11.9 Å². The summed E-state index contributed by atoms with van der Waals surface area (Å²) in [6, 6.07) is 12.3. The number of halogens is 2. The minimum atomic E-state index is -0.814. The lowest BCUT2D eigenvalue weighted by Crippen LogP contribution is -2.53. The van der Waals surface area contributed by atoms with Crippen LogP contribution in [0.3, 0.4) is 0 Å². The molecule has 3 aromatic rings. The van der Waals surface area contributed by atoms with E-state index >= 15 is 0 Å². The lowest BCUT2D eigenvalue weighted by atomic mass is 10.1. The van der Waals surface area contributed by atoms with Crippen molar-refractivity contribution in [2.45, 2.75) is 32.0 Å². The largest absolute Gasteiger partial charge is 0.482 e. The first kappa shape index (κ1) is 23.0. The number of aromatic nitrogens is 2. The number of carbonyl (C=O) groups is 1. The number of nitrogens with zero attached hydrogens (tertiary/aromatic N) is 5. The second kappa shape index (κ2) is 8.79. The van der Waals surface area contributed by atoms with Gasteiger partial charge in [-0.2, -0.15) is 0 Å². The van der Waals surface area contributed by atoms with Gasteiger partial charge in [0.05, 0.1) is 30.3 Å². The predicted octanol–water partition coefficient (Wildman–Crippen LogP) is 5.06. The zero-order valence-electron chi connectivity index (χ0n) is 19.9. The van der Waals surface area contributed by atoms with Gasteiger partial charge in [-0.15, -0.1) is 0 Å². The van der Waals surface area contributed by atoms with Crippen molar-refractivity contribution in [2.75, 3.05) is 41.4 Å². The van der Waals surface area contributed by atoms with Gasteiger partial charge in [-0.25, -0.2) is 18.6 Å². The Hall–Kier alpha value is -3.75. The molecule has 35 heavy (non-hydrogen) atoms. The molecule has 9 heteroatoms. The Bertz CT molecular complexity index is 1270. The van der Waals surface area contributed by atoms with E-state index in [2.05, 4.69) is 4.98 Å². The molecule has 2 amide bonds. The number of pyridine rings is 2. The molecule has 2 aliphatic rings. The maximum atomic E-state index is 13.7. The monoisotopic (exact) mass is 479 g/mol. The molecular formula is C26H27F2N5O2. The molecule has 0 radical (unpaired) electrons. The Kier molecular flexibility index (Phi) is 5.78. The standard InChI is InChI=1S/C26H27F2N5O2/c1-26(2)16-33(25(34)31(3)21-12-19(28)13-29-14-21)24-23(35-26)8-7-22(30-24)17-5-4-6-20(11-17)32-10-9-18(27)15-32/h4-8,11-14,18H,9-10,15-16H2,1-3H3/t18-/m0/s1.